The van der Waals surface area contributed by atoms with Crippen molar-refractivity contribution in [1.29, 1.82) is 0 Å². The molecule has 6 nitrogen and oxygen atoms in total. The molecule has 0 bridgehead atoms. The van der Waals surface area contributed by atoms with Crippen LogP contribution < -0.4 is 5.32 Å². The van der Waals surface area contributed by atoms with Gasteiger partial charge in [0, 0.05) is 10.5 Å². The van der Waals surface area contributed by atoms with Crippen LogP contribution in [0.3, 0.4) is 0 Å². The van der Waals surface area contributed by atoms with Gasteiger partial charge in [0.15, 0.2) is 0 Å². The number of carbonyl (C=O) groups is 1. The molecule has 1 aromatic carbocycles. The fraction of sp³-hybridized carbons (Fsp3) is 0. The van der Waals surface area contributed by atoms with E-state index in [1.807, 2.05) is 0 Å². The standard InChI is InChI=1S/C12H6BrCl2N3O3/c13-6-1-2-10(9(14)3-6)17-12(19)8-4-7(18(20)21)5-16-11(8)15/h1-5H,(H,17,19). The Labute approximate surface area is 137 Å². The Kier molecular flexibility index (Phi) is 4.76. The average Bonchev–Trinajstić information content (AvgIpc) is 2.42. The lowest BCUT2D eigenvalue weighted by Crippen LogP contribution is -2.13. The lowest BCUT2D eigenvalue weighted by molar-refractivity contribution is -0.385. The van der Waals surface area contributed by atoms with E-state index in [-0.39, 0.29) is 16.4 Å². The Hall–Kier alpha value is -1.70. The van der Waals surface area contributed by atoms with Gasteiger partial charge in [0.25, 0.3) is 11.6 Å². The molecule has 9 heteroatoms. The van der Waals surface area contributed by atoms with E-state index in [0.717, 1.165) is 16.7 Å². The summed E-state index contributed by atoms with van der Waals surface area (Å²) >= 11 is 15.0. The van der Waals surface area contributed by atoms with Crippen LogP contribution in [0, 0.1) is 10.1 Å². The molecule has 108 valence electrons. The molecular weight excluding hydrogens is 385 g/mol. The van der Waals surface area contributed by atoms with Crippen LogP contribution in [0.4, 0.5) is 11.4 Å². The van der Waals surface area contributed by atoms with Crippen molar-refractivity contribution in [3.05, 3.63) is 60.8 Å². The maximum absolute atomic E-state index is 12.1. The second kappa shape index (κ2) is 6.38. The van der Waals surface area contributed by atoms with Crippen LogP contribution >= 0.6 is 39.1 Å². The molecule has 1 amide bonds. The number of benzene rings is 1. The van der Waals surface area contributed by atoms with Crippen molar-refractivity contribution in [3.8, 4) is 0 Å². The van der Waals surface area contributed by atoms with Crippen molar-refractivity contribution < 1.29 is 9.72 Å². The highest BCUT2D eigenvalue weighted by molar-refractivity contribution is 9.10. The van der Waals surface area contributed by atoms with Crippen molar-refractivity contribution in [1.82, 2.24) is 4.98 Å². The fourth-order valence-corrected chi connectivity index (χ4v) is 2.39. The van der Waals surface area contributed by atoms with Gasteiger partial charge in [0.05, 0.1) is 21.2 Å². The number of halogens is 3. The Balaban J connectivity index is 2.32. The molecule has 21 heavy (non-hydrogen) atoms. The van der Waals surface area contributed by atoms with Gasteiger partial charge in [-0.05, 0) is 18.2 Å². The lowest BCUT2D eigenvalue weighted by atomic mass is 10.2. The van der Waals surface area contributed by atoms with Crippen LogP contribution in [0.1, 0.15) is 10.4 Å². The smallest absolute Gasteiger partial charge is 0.288 e. The number of hydrogen-bond donors (Lipinski definition) is 1. The number of carbonyl (C=O) groups excluding carboxylic acids is 1. The zero-order chi connectivity index (χ0) is 15.6. The summed E-state index contributed by atoms with van der Waals surface area (Å²) < 4.78 is 0.751. The van der Waals surface area contributed by atoms with Crippen LogP contribution in [0.25, 0.3) is 0 Å². The molecule has 0 saturated carbocycles. The van der Waals surface area contributed by atoms with Gasteiger partial charge >= 0.3 is 0 Å². The molecule has 0 aliphatic rings. The van der Waals surface area contributed by atoms with Crippen LogP contribution in [-0.2, 0) is 0 Å². The first-order chi connectivity index (χ1) is 9.88. The number of aromatic nitrogens is 1. The normalized spacial score (nSPS) is 10.2. The van der Waals surface area contributed by atoms with Crippen LogP contribution in [0.5, 0.6) is 0 Å². The van der Waals surface area contributed by atoms with E-state index < -0.39 is 10.8 Å². The number of hydrogen-bond acceptors (Lipinski definition) is 4. The molecule has 1 N–H and O–H groups in total. The molecule has 0 radical (unpaired) electrons. The zero-order valence-electron chi connectivity index (χ0n) is 10.1. The van der Waals surface area contributed by atoms with Gasteiger partial charge in [0.2, 0.25) is 0 Å². The topological polar surface area (TPSA) is 85.1 Å². The van der Waals surface area contributed by atoms with E-state index in [4.69, 9.17) is 23.2 Å². The first kappa shape index (κ1) is 15.7. The summed E-state index contributed by atoms with van der Waals surface area (Å²) in [6.07, 6.45) is 0.978. The number of nitrogens with zero attached hydrogens (tertiary/aromatic N) is 2. The van der Waals surface area contributed by atoms with Crippen molar-refractivity contribution in [2.75, 3.05) is 5.32 Å². The maximum Gasteiger partial charge on any atom is 0.288 e. The number of anilines is 1. The molecule has 0 atom stereocenters. The largest absolute Gasteiger partial charge is 0.321 e. The van der Waals surface area contributed by atoms with Crippen molar-refractivity contribution in [3.63, 3.8) is 0 Å². The summed E-state index contributed by atoms with van der Waals surface area (Å²) in [5.41, 5.74) is -0.0799. The van der Waals surface area contributed by atoms with Gasteiger partial charge in [0.1, 0.15) is 11.3 Å². The molecule has 0 fully saturated rings. The first-order valence-electron chi connectivity index (χ1n) is 5.45. The number of rotatable bonds is 3. The highest BCUT2D eigenvalue weighted by atomic mass is 79.9. The summed E-state index contributed by atoms with van der Waals surface area (Å²) in [6, 6.07) is 5.93. The molecule has 0 aliphatic heterocycles. The summed E-state index contributed by atoms with van der Waals surface area (Å²) in [7, 11) is 0. The number of pyridine rings is 1. The highest BCUT2D eigenvalue weighted by Crippen LogP contribution is 2.27. The minimum atomic E-state index is -0.660. The average molecular weight is 391 g/mol. The molecule has 2 rings (SSSR count). The third-order valence-electron chi connectivity index (χ3n) is 2.46. The Bertz CT molecular complexity index is 740. The van der Waals surface area contributed by atoms with Gasteiger partial charge in [-0.2, -0.15) is 0 Å². The number of nitrogens with one attached hydrogen (secondary N) is 1. The summed E-state index contributed by atoms with van der Waals surface area (Å²) in [6.45, 7) is 0. The number of amides is 1. The zero-order valence-corrected chi connectivity index (χ0v) is 13.2. The van der Waals surface area contributed by atoms with Crippen LogP contribution in [0.15, 0.2) is 34.9 Å². The molecule has 1 heterocycles. The highest BCUT2D eigenvalue weighted by Gasteiger charge is 2.18. The number of nitro groups is 1. The Morgan fingerprint density at radius 3 is 2.67 bits per heavy atom. The Morgan fingerprint density at radius 1 is 1.33 bits per heavy atom. The first-order valence-corrected chi connectivity index (χ1v) is 6.99. The summed E-state index contributed by atoms with van der Waals surface area (Å²) in [4.78, 5) is 25.8. The van der Waals surface area contributed by atoms with E-state index >= 15 is 0 Å². The van der Waals surface area contributed by atoms with Gasteiger partial charge < -0.3 is 5.32 Å². The van der Waals surface area contributed by atoms with Crippen molar-refractivity contribution >= 4 is 56.4 Å². The third-order valence-corrected chi connectivity index (χ3v) is 3.57. The lowest BCUT2D eigenvalue weighted by Gasteiger charge is -2.08. The predicted octanol–water partition coefficient (Wildman–Crippen LogP) is 4.31. The maximum atomic E-state index is 12.1. The minimum Gasteiger partial charge on any atom is -0.321 e. The van der Waals surface area contributed by atoms with Crippen LogP contribution in [-0.4, -0.2) is 15.8 Å². The predicted molar refractivity (Wildman–Crippen MR) is 83.0 cm³/mol. The second-order valence-corrected chi connectivity index (χ2v) is 5.55. The molecule has 0 unspecified atom stereocenters. The van der Waals surface area contributed by atoms with Crippen molar-refractivity contribution in [2.24, 2.45) is 0 Å². The van der Waals surface area contributed by atoms with E-state index in [1.165, 1.54) is 0 Å². The molecule has 0 spiro atoms. The molecule has 0 saturated heterocycles. The van der Waals surface area contributed by atoms with Gasteiger partial charge in [-0.1, -0.05) is 39.1 Å². The van der Waals surface area contributed by atoms with E-state index in [2.05, 4.69) is 26.2 Å². The summed E-state index contributed by atoms with van der Waals surface area (Å²) in [5.74, 6) is -0.638. The Morgan fingerprint density at radius 2 is 2.05 bits per heavy atom. The molecular formula is C12H6BrCl2N3O3. The SMILES string of the molecule is O=C(Nc1ccc(Br)cc1Cl)c1cc([N+](=O)[O-])cnc1Cl. The van der Waals surface area contributed by atoms with E-state index in [9.17, 15) is 14.9 Å². The van der Waals surface area contributed by atoms with Crippen molar-refractivity contribution in [2.45, 2.75) is 0 Å². The van der Waals surface area contributed by atoms with E-state index in [1.54, 1.807) is 18.2 Å². The molecule has 1 aromatic heterocycles. The van der Waals surface area contributed by atoms with Gasteiger partial charge in [-0.3, -0.25) is 14.9 Å². The van der Waals surface area contributed by atoms with Crippen LogP contribution in [0.2, 0.25) is 10.2 Å². The van der Waals surface area contributed by atoms with Gasteiger partial charge in [-0.25, -0.2) is 4.98 Å². The van der Waals surface area contributed by atoms with Gasteiger partial charge in [-0.15, -0.1) is 0 Å². The fourth-order valence-electron chi connectivity index (χ4n) is 1.48. The molecule has 0 aliphatic carbocycles. The van der Waals surface area contributed by atoms with E-state index in [0.29, 0.717) is 10.7 Å². The second-order valence-electron chi connectivity index (χ2n) is 3.87. The third kappa shape index (κ3) is 3.69. The minimum absolute atomic E-state index is 0.107. The quantitative estimate of drug-likeness (QED) is 0.480. The molecule has 2 aromatic rings. The summed E-state index contributed by atoms with van der Waals surface area (Å²) in [5, 5.41) is 13.4. The monoisotopic (exact) mass is 389 g/mol.